The Labute approximate surface area is 165 Å². The van der Waals surface area contributed by atoms with Crippen molar-refractivity contribution in [2.75, 3.05) is 0 Å². The highest BCUT2D eigenvalue weighted by atomic mass is 31.2. The molecule has 0 fully saturated rings. The second-order valence-corrected chi connectivity index (χ2v) is 7.82. The summed E-state index contributed by atoms with van der Waals surface area (Å²) in [7, 11) is -4.64. The standard InChI is InChI=1S/C17H30N2O4.H3O4P/c1-6-13(7-2)23-15-9-12(17(21)22-10(3)4)8-14(18)16(15)19-11(5)20;1-5(2,3)4/h9-10,13-16H,6-8,18H2,1-5H3,(H,19,20);(H3,1,2,3,4)/t14-,15?,16+;/m0./s1. The topological polar surface area (TPSA) is 168 Å². The van der Waals surface area contributed by atoms with E-state index in [2.05, 4.69) is 5.32 Å². The van der Waals surface area contributed by atoms with E-state index in [1.54, 1.807) is 19.9 Å². The van der Waals surface area contributed by atoms with Crippen molar-refractivity contribution < 1.29 is 38.3 Å². The van der Waals surface area contributed by atoms with Crippen molar-refractivity contribution in [2.24, 2.45) is 5.73 Å². The number of nitrogens with one attached hydrogen (secondary N) is 1. The van der Waals surface area contributed by atoms with Gasteiger partial charge < -0.3 is 35.2 Å². The monoisotopic (exact) mass is 424 g/mol. The summed E-state index contributed by atoms with van der Waals surface area (Å²) in [5, 5.41) is 2.85. The lowest BCUT2D eigenvalue weighted by Gasteiger charge is -2.36. The van der Waals surface area contributed by atoms with Gasteiger partial charge in [0.05, 0.1) is 24.4 Å². The Balaban J connectivity index is 0.00000129. The van der Waals surface area contributed by atoms with E-state index in [1.165, 1.54) is 6.92 Å². The Morgan fingerprint density at radius 3 is 2.18 bits per heavy atom. The molecule has 0 aromatic heterocycles. The van der Waals surface area contributed by atoms with Crippen LogP contribution in [-0.2, 0) is 23.6 Å². The maximum atomic E-state index is 12.2. The third-order valence-corrected chi connectivity index (χ3v) is 3.87. The van der Waals surface area contributed by atoms with Crippen LogP contribution in [0.3, 0.4) is 0 Å². The van der Waals surface area contributed by atoms with Crippen LogP contribution in [0, 0.1) is 0 Å². The van der Waals surface area contributed by atoms with Gasteiger partial charge in [0.25, 0.3) is 0 Å². The minimum Gasteiger partial charge on any atom is -0.460 e. The molecule has 164 valence electrons. The Morgan fingerprint density at radius 1 is 1.29 bits per heavy atom. The van der Waals surface area contributed by atoms with Gasteiger partial charge in [0.15, 0.2) is 0 Å². The van der Waals surface area contributed by atoms with Crippen LogP contribution >= 0.6 is 7.82 Å². The van der Waals surface area contributed by atoms with Gasteiger partial charge >= 0.3 is 13.8 Å². The number of ether oxygens (including phenoxy) is 2. The van der Waals surface area contributed by atoms with E-state index in [1.807, 2.05) is 13.8 Å². The second-order valence-electron chi connectivity index (χ2n) is 6.79. The number of esters is 1. The quantitative estimate of drug-likeness (QED) is 0.292. The first-order valence-electron chi connectivity index (χ1n) is 9.16. The zero-order chi connectivity index (χ0) is 22.1. The van der Waals surface area contributed by atoms with Crippen molar-refractivity contribution in [2.45, 2.75) is 84.3 Å². The first-order chi connectivity index (χ1) is 12.8. The fourth-order valence-corrected chi connectivity index (χ4v) is 2.69. The van der Waals surface area contributed by atoms with Crippen LogP contribution in [0.25, 0.3) is 0 Å². The normalized spacial score (nSPS) is 22.2. The average molecular weight is 424 g/mol. The van der Waals surface area contributed by atoms with Crippen molar-refractivity contribution in [1.82, 2.24) is 5.32 Å². The van der Waals surface area contributed by atoms with E-state index in [9.17, 15) is 9.59 Å². The average Bonchev–Trinajstić information content (AvgIpc) is 2.52. The molecule has 0 bridgehead atoms. The Bertz CT molecular complexity index is 577. The van der Waals surface area contributed by atoms with Crippen molar-refractivity contribution in [3.63, 3.8) is 0 Å². The molecule has 0 aromatic rings. The van der Waals surface area contributed by atoms with Crippen molar-refractivity contribution in [1.29, 1.82) is 0 Å². The summed E-state index contributed by atoms with van der Waals surface area (Å²) >= 11 is 0. The van der Waals surface area contributed by atoms with E-state index in [0.29, 0.717) is 12.0 Å². The zero-order valence-electron chi connectivity index (χ0n) is 17.0. The fraction of sp³-hybridized carbons (Fsp3) is 0.765. The van der Waals surface area contributed by atoms with Gasteiger partial charge in [-0.2, -0.15) is 0 Å². The highest BCUT2D eigenvalue weighted by Gasteiger charge is 2.36. The predicted molar refractivity (Wildman–Crippen MR) is 103 cm³/mol. The van der Waals surface area contributed by atoms with E-state index in [0.717, 1.165) is 12.8 Å². The first kappa shape index (κ1) is 26.7. The highest BCUT2D eigenvalue weighted by molar-refractivity contribution is 7.45. The summed E-state index contributed by atoms with van der Waals surface area (Å²) in [5.41, 5.74) is 6.71. The molecule has 1 unspecified atom stereocenters. The summed E-state index contributed by atoms with van der Waals surface area (Å²) in [5.74, 6) is -0.528. The third kappa shape index (κ3) is 11.5. The molecular formula is C17H33N2O8P. The molecule has 1 rings (SSSR count). The lowest BCUT2D eigenvalue weighted by atomic mass is 9.88. The molecule has 6 N–H and O–H groups in total. The summed E-state index contributed by atoms with van der Waals surface area (Å²) in [4.78, 5) is 45.2. The number of phosphoric acid groups is 1. The molecule has 0 saturated heterocycles. The van der Waals surface area contributed by atoms with Crippen LogP contribution < -0.4 is 11.1 Å². The first-order valence-corrected chi connectivity index (χ1v) is 10.7. The van der Waals surface area contributed by atoms with E-state index in [-0.39, 0.29) is 30.1 Å². The Morgan fingerprint density at radius 2 is 1.79 bits per heavy atom. The van der Waals surface area contributed by atoms with Crippen LogP contribution in [-0.4, -0.2) is 57.0 Å². The van der Waals surface area contributed by atoms with E-state index >= 15 is 0 Å². The van der Waals surface area contributed by atoms with Crippen LogP contribution in [0.5, 0.6) is 0 Å². The molecule has 0 radical (unpaired) electrons. The van der Waals surface area contributed by atoms with Gasteiger partial charge in [-0.1, -0.05) is 13.8 Å². The molecule has 0 aliphatic heterocycles. The number of rotatable bonds is 7. The smallest absolute Gasteiger partial charge is 0.460 e. The molecular weight excluding hydrogens is 391 g/mol. The Hall–Kier alpha value is -1.29. The molecule has 0 aromatic carbocycles. The molecule has 28 heavy (non-hydrogen) atoms. The summed E-state index contributed by atoms with van der Waals surface area (Å²) in [6.45, 7) is 9.15. The lowest BCUT2D eigenvalue weighted by Crippen LogP contribution is -2.57. The molecule has 1 amide bonds. The highest BCUT2D eigenvalue weighted by Crippen LogP contribution is 2.26. The zero-order valence-corrected chi connectivity index (χ0v) is 17.9. The van der Waals surface area contributed by atoms with Crippen LogP contribution in [0.2, 0.25) is 0 Å². The lowest BCUT2D eigenvalue weighted by molar-refractivity contribution is -0.143. The molecule has 0 spiro atoms. The van der Waals surface area contributed by atoms with Crippen LogP contribution in [0.15, 0.2) is 11.6 Å². The number of amides is 1. The number of nitrogens with two attached hydrogens (primary N) is 1. The third-order valence-electron chi connectivity index (χ3n) is 3.87. The predicted octanol–water partition coefficient (Wildman–Crippen LogP) is 0.745. The van der Waals surface area contributed by atoms with Gasteiger partial charge in [-0.15, -0.1) is 0 Å². The molecule has 3 atom stereocenters. The molecule has 1 aliphatic rings. The minimum atomic E-state index is -4.64. The fourth-order valence-electron chi connectivity index (χ4n) is 2.69. The van der Waals surface area contributed by atoms with Gasteiger partial charge in [0.1, 0.15) is 0 Å². The number of carbonyl (C=O) groups excluding carboxylic acids is 2. The summed E-state index contributed by atoms with van der Waals surface area (Å²) in [6, 6.07) is -0.735. The molecule has 0 heterocycles. The number of carbonyl (C=O) groups is 2. The summed E-state index contributed by atoms with van der Waals surface area (Å²) < 4.78 is 20.2. The van der Waals surface area contributed by atoms with Gasteiger partial charge in [-0.3, -0.25) is 4.79 Å². The Kier molecular flexibility index (Phi) is 11.7. The molecule has 10 nitrogen and oxygen atoms in total. The van der Waals surface area contributed by atoms with Crippen LogP contribution in [0.4, 0.5) is 0 Å². The van der Waals surface area contributed by atoms with Gasteiger partial charge in [-0.05, 0) is 39.2 Å². The maximum Gasteiger partial charge on any atom is 0.466 e. The maximum absolute atomic E-state index is 12.2. The van der Waals surface area contributed by atoms with Crippen molar-refractivity contribution in [3.8, 4) is 0 Å². The van der Waals surface area contributed by atoms with Gasteiger partial charge in [0.2, 0.25) is 5.91 Å². The molecule has 11 heteroatoms. The van der Waals surface area contributed by atoms with Gasteiger partial charge in [-0.25, -0.2) is 9.36 Å². The minimum absolute atomic E-state index is 0.0557. The number of hydrogen-bond donors (Lipinski definition) is 5. The van der Waals surface area contributed by atoms with Gasteiger partial charge in [0, 0.05) is 18.5 Å². The molecule has 1 aliphatic carbocycles. The SMILES string of the molecule is CCC(CC)OC1C=C(C(=O)OC(C)C)C[C@H](N)[C@H]1NC(C)=O.O=P(O)(O)O. The molecule has 0 saturated carbocycles. The number of hydrogen-bond acceptors (Lipinski definition) is 6. The van der Waals surface area contributed by atoms with E-state index < -0.39 is 20.0 Å². The van der Waals surface area contributed by atoms with Crippen molar-refractivity contribution >= 4 is 19.7 Å². The van der Waals surface area contributed by atoms with Crippen molar-refractivity contribution in [3.05, 3.63) is 11.6 Å². The second kappa shape index (κ2) is 12.3. The van der Waals surface area contributed by atoms with E-state index in [4.69, 9.17) is 34.5 Å². The summed E-state index contributed by atoms with van der Waals surface area (Å²) in [6.07, 6.45) is 3.27. The largest absolute Gasteiger partial charge is 0.466 e. The van der Waals surface area contributed by atoms with Crippen LogP contribution in [0.1, 0.15) is 53.9 Å².